The molecule has 0 atom stereocenters. The van der Waals surface area contributed by atoms with E-state index in [0.29, 0.717) is 0 Å². The van der Waals surface area contributed by atoms with Gasteiger partial charge in [0.05, 0.1) is 0 Å². The molecule has 0 aromatic heterocycles. The maximum Gasteiger partial charge on any atom is 0.168 e. The summed E-state index contributed by atoms with van der Waals surface area (Å²) in [5.41, 5.74) is 2.97. The monoisotopic (exact) mass is 392 g/mol. The van der Waals surface area contributed by atoms with Gasteiger partial charge in [-0.2, -0.15) is 0 Å². The van der Waals surface area contributed by atoms with Gasteiger partial charge in [0.1, 0.15) is 11.4 Å². The minimum Gasteiger partial charge on any atom is -0.488 e. The van der Waals surface area contributed by atoms with Gasteiger partial charge in [-0.15, -0.1) is 0 Å². The van der Waals surface area contributed by atoms with Gasteiger partial charge >= 0.3 is 0 Å². The Morgan fingerprint density at radius 3 is 1.69 bits per heavy atom. The summed E-state index contributed by atoms with van der Waals surface area (Å²) in [6.45, 7) is 12.2. The molecule has 3 rings (SSSR count). The van der Waals surface area contributed by atoms with Crippen LogP contribution in [0.1, 0.15) is 95.1 Å². The van der Waals surface area contributed by atoms with Crippen LogP contribution in [0.25, 0.3) is 0 Å². The van der Waals surface area contributed by atoms with E-state index in [4.69, 9.17) is 4.74 Å². The van der Waals surface area contributed by atoms with E-state index in [1.807, 2.05) is 32.9 Å². The van der Waals surface area contributed by atoms with Crippen LogP contribution in [0.4, 0.5) is 0 Å². The van der Waals surface area contributed by atoms with Crippen molar-refractivity contribution >= 4 is 5.78 Å². The number of hydrogen-bond acceptors (Lipinski definition) is 2. The molecule has 0 amide bonds. The van der Waals surface area contributed by atoms with Crippen LogP contribution < -0.4 is 4.74 Å². The summed E-state index contributed by atoms with van der Waals surface area (Å²) in [7, 11) is 0. The average molecular weight is 393 g/mol. The molecule has 2 nitrogen and oxygen atoms in total. The SMILES string of the molecule is CC(C)(C)Oc1ccc(C2(c3ccc(C(=O)C(C)(C)C)cc3)CCCCC2)cc1. The number of benzene rings is 2. The molecule has 0 heterocycles. The van der Waals surface area contributed by atoms with Crippen molar-refractivity contribution in [2.24, 2.45) is 5.41 Å². The minimum absolute atomic E-state index is 0.0296. The van der Waals surface area contributed by atoms with Crippen molar-refractivity contribution in [1.29, 1.82) is 0 Å². The van der Waals surface area contributed by atoms with E-state index in [0.717, 1.165) is 24.2 Å². The van der Waals surface area contributed by atoms with Crippen LogP contribution in [-0.4, -0.2) is 11.4 Å². The maximum absolute atomic E-state index is 12.6. The van der Waals surface area contributed by atoms with Crippen LogP contribution >= 0.6 is 0 Å². The lowest BCUT2D eigenvalue weighted by Gasteiger charge is -2.39. The lowest BCUT2D eigenvalue weighted by molar-refractivity contribution is 0.0858. The molecule has 0 bridgehead atoms. The summed E-state index contributed by atoms with van der Waals surface area (Å²) in [5.74, 6) is 1.11. The number of carbonyl (C=O) groups is 1. The first-order valence-electron chi connectivity index (χ1n) is 11.0. The van der Waals surface area contributed by atoms with Crippen molar-refractivity contribution in [3.05, 3.63) is 65.2 Å². The van der Waals surface area contributed by atoms with Gasteiger partial charge in [-0.25, -0.2) is 0 Å². The molecule has 156 valence electrons. The van der Waals surface area contributed by atoms with Gasteiger partial charge in [0.25, 0.3) is 0 Å². The van der Waals surface area contributed by atoms with Crippen molar-refractivity contribution < 1.29 is 9.53 Å². The fourth-order valence-corrected chi connectivity index (χ4v) is 4.47. The molecule has 2 heteroatoms. The van der Waals surface area contributed by atoms with E-state index in [2.05, 4.69) is 57.2 Å². The quantitative estimate of drug-likeness (QED) is 0.509. The lowest BCUT2D eigenvalue weighted by atomic mass is 9.65. The first-order chi connectivity index (χ1) is 13.5. The molecule has 2 aromatic carbocycles. The lowest BCUT2D eigenvalue weighted by Crippen LogP contribution is -2.30. The van der Waals surface area contributed by atoms with Crippen molar-refractivity contribution in [2.45, 2.75) is 84.7 Å². The van der Waals surface area contributed by atoms with E-state index >= 15 is 0 Å². The molecule has 29 heavy (non-hydrogen) atoms. The summed E-state index contributed by atoms with van der Waals surface area (Å²) < 4.78 is 6.02. The van der Waals surface area contributed by atoms with E-state index in [9.17, 15) is 4.79 Å². The Labute approximate surface area is 176 Å². The predicted octanol–water partition coefficient (Wildman–Crippen LogP) is 7.34. The molecule has 1 aliphatic carbocycles. The van der Waals surface area contributed by atoms with Crippen molar-refractivity contribution in [1.82, 2.24) is 0 Å². The molecular formula is C27H36O2. The average Bonchev–Trinajstić information content (AvgIpc) is 2.67. The molecule has 1 aliphatic rings. The van der Waals surface area contributed by atoms with E-state index < -0.39 is 0 Å². The molecule has 0 unspecified atom stereocenters. The van der Waals surface area contributed by atoms with E-state index in [1.54, 1.807) is 0 Å². The van der Waals surface area contributed by atoms with Crippen LogP contribution in [0.15, 0.2) is 48.5 Å². The van der Waals surface area contributed by atoms with Crippen molar-refractivity contribution in [2.75, 3.05) is 0 Å². The highest BCUT2D eigenvalue weighted by molar-refractivity contribution is 5.99. The third-order valence-electron chi connectivity index (χ3n) is 5.92. The van der Waals surface area contributed by atoms with Gasteiger partial charge in [0.2, 0.25) is 0 Å². The predicted molar refractivity (Wildman–Crippen MR) is 121 cm³/mol. The van der Waals surface area contributed by atoms with Gasteiger partial charge in [0.15, 0.2) is 5.78 Å². The number of rotatable bonds is 4. The Balaban J connectivity index is 1.94. The number of Topliss-reactive ketones (excluding diaryl/α,β-unsaturated/α-hetero) is 1. The molecule has 0 radical (unpaired) electrons. The number of ketones is 1. The van der Waals surface area contributed by atoms with E-state index in [-0.39, 0.29) is 22.2 Å². The number of ether oxygens (including phenoxy) is 1. The van der Waals surface area contributed by atoms with Gasteiger partial charge in [-0.05, 0) is 56.9 Å². The van der Waals surface area contributed by atoms with Crippen LogP contribution in [0.5, 0.6) is 5.75 Å². The summed E-state index contributed by atoms with van der Waals surface area (Å²) >= 11 is 0. The summed E-state index contributed by atoms with van der Waals surface area (Å²) in [6.07, 6.45) is 6.08. The Bertz CT molecular complexity index is 824. The molecule has 0 saturated heterocycles. The van der Waals surface area contributed by atoms with Crippen LogP contribution in [0, 0.1) is 5.41 Å². The van der Waals surface area contributed by atoms with Crippen LogP contribution in [0.3, 0.4) is 0 Å². The zero-order valence-corrected chi connectivity index (χ0v) is 19.0. The van der Waals surface area contributed by atoms with E-state index in [1.165, 1.54) is 30.4 Å². The molecular weight excluding hydrogens is 356 g/mol. The highest BCUT2D eigenvalue weighted by Gasteiger charge is 2.36. The second kappa shape index (κ2) is 7.97. The topological polar surface area (TPSA) is 26.3 Å². The molecule has 0 aliphatic heterocycles. The molecule has 1 fully saturated rings. The Hall–Kier alpha value is -2.09. The summed E-state index contributed by atoms with van der Waals surface area (Å²) in [4.78, 5) is 12.6. The zero-order chi connectivity index (χ0) is 21.3. The van der Waals surface area contributed by atoms with Crippen molar-refractivity contribution in [3.8, 4) is 5.75 Å². The normalized spacial score (nSPS) is 17.0. The Kier molecular flexibility index (Phi) is 5.94. The smallest absolute Gasteiger partial charge is 0.168 e. The molecule has 1 saturated carbocycles. The van der Waals surface area contributed by atoms with Gasteiger partial charge in [-0.3, -0.25) is 4.79 Å². The first-order valence-corrected chi connectivity index (χ1v) is 11.0. The van der Waals surface area contributed by atoms with Crippen molar-refractivity contribution in [3.63, 3.8) is 0 Å². The Morgan fingerprint density at radius 2 is 1.24 bits per heavy atom. The second-order valence-electron chi connectivity index (χ2n) is 10.5. The maximum atomic E-state index is 12.6. The summed E-state index contributed by atoms with van der Waals surface area (Å²) in [6, 6.07) is 17.1. The fraction of sp³-hybridized carbons (Fsp3) is 0.519. The summed E-state index contributed by atoms with van der Waals surface area (Å²) in [5, 5.41) is 0. The fourth-order valence-electron chi connectivity index (χ4n) is 4.47. The zero-order valence-electron chi connectivity index (χ0n) is 19.0. The first kappa shape index (κ1) is 21.6. The molecule has 2 aromatic rings. The standard InChI is InChI=1S/C27H36O2/c1-25(2,3)24(28)20-10-12-21(13-11-20)27(18-8-7-9-19-27)22-14-16-23(17-15-22)29-26(4,5)6/h10-17H,7-9,18-19H2,1-6H3. The van der Waals surface area contributed by atoms with Crippen LogP contribution in [0.2, 0.25) is 0 Å². The molecule has 0 N–H and O–H groups in total. The minimum atomic E-state index is -0.354. The largest absolute Gasteiger partial charge is 0.488 e. The van der Waals surface area contributed by atoms with Gasteiger partial charge in [-0.1, -0.05) is 76.4 Å². The number of carbonyl (C=O) groups excluding carboxylic acids is 1. The molecule has 0 spiro atoms. The van der Waals surface area contributed by atoms with Gasteiger partial charge < -0.3 is 4.74 Å². The highest BCUT2D eigenvalue weighted by Crippen LogP contribution is 2.45. The second-order valence-corrected chi connectivity index (χ2v) is 10.5. The third-order valence-corrected chi connectivity index (χ3v) is 5.92. The number of hydrogen-bond donors (Lipinski definition) is 0. The van der Waals surface area contributed by atoms with Crippen LogP contribution in [-0.2, 0) is 5.41 Å². The third kappa shape index (κ3) is 4.91. The van der Waals surface area contributed by atoms with Gasteiger partial charge in [0, 0.05) is 16.4 Å². The Morgan fingerprint density at radius 1 is 0.759 bits per heavy atom. The highest BCUT2D eigenvalue weighted by atomic mass is 16.5.